The van der Waals surface area contributed by atoms with Crippen molar-refractivity contribution in [1.82, 2.24) is 24.7 Å². The molecule has 0 bridgehead atoms. The number of aryl methyl sites for hydroxylation is 1. The van der Waals surface area contributed by atoms with Crippen LogP contribution in [0.2, 0.25) is 0 Å². The number of imidazole rings is 1. The van der Waals surface area contributed by atoms with Crippen molar-refractivity contribution in [3.63, 3.8) is 0 Å². The first-order valence-corrected chi connectivity index (χ1v) is 12.4. The average molecular weight is 475 g/mol. The molecule has 35 heavy (non-hydrogen) atoms. The lowest BCUT2D eigenvalue weighted by molar-refractivity contribution is 0.195. The molecule has 3 heterocycles. The standard InChI is InChI=1S/C27H34N6O2/c1-20-15-33(19-29-20)24-13-21(16-31-10-8-22(17-31)28-2)12-23(14-24)30-27(34)32-11-9-26(18-32)35-25-6-4-3-5-7-25/h3-7,12-15,19,22,26,28H,8-11,16-18H2,1-2H3,(H,30,34). The van der Waals surface area contributed by atoms with Gasteiger partial charge in [0.15, 0.2) is 0 Å². The molecular formula is C27H34N6O2. The molecule has 0 spiro atoms. The summed E-state index contributed by atoms with van der Waals surface area (Å²) in [6.45, 7) is 6.18. The highest BCUT2D eigenvalue weighted by atomic mass is 16.5. The van der Waals surface area contributed by atoms with E-state index >= 15 is 0 Å². The molecule has 1 aromatic heterocycles. The zero-order valence-corrected chi connectivity index (χ0v) is 20.5. The second-order valence-electron chi connectivity index (χ2n) is 9.54. The molecule has 5 rings (SSSR count). The quantitative estimate of drug-likeness (QED) is 0.547. The second-order valence-corrected chi connectivity index (χ2v) is 9.54. The fourth-order valence-corrected chi connectivity index (χ4v) is 4.92. The first-order valence-electron chi connectivity index (χ1n) is 12.4. The number of aromatic nitrogens is 2. The number of hydrogen-bond acceptors (Lipinski definition) is 5. The minimum absolute atomic E-state index is 0.00857. The molecule has 2 fully saturated rings. The van der Waals surface area contributed by atoms with E-state index in [4.69, 9.17) is 4.74 Å². The van der Waals surface area contributed by atoms with Gasteiger partial charge >= 0.3 is 6.03 Å². The van der Waals surface area contributed by atoms with Gasteiger partial charge in [-0.1, -0.05) is 18.2 Å². The Hall–Kier alpha value is -3.36. The van der Waals surface area contributed by atoms with Crippen molar-refractivity contribution < 1.29 is 9.53 Å². The first kappa shape index (κ1) is 23.4. The number of benzene rings is 2. The van der Waals surface area contributed by atoms with E-state index in [9.17, 15) is 4.79 Å². The monoisotopic (exact) mass is 474 g/mol. The van der Waals surface area contributed by atoms with Gasteiger partial charge in [-0.3, -0.25) is 4.90 Å². The van der Waals surface area contributed by atoms with Gasteiger partial charge in [-0.15, -0.1) is 0 Å². The van der Waals surface area contributed by atoms with Crippen LogP contribution in [0.3, 0.4) is 0 Å². The number of amides is 2. The highest BCUT2D eigenvalue weighted by Gasteiger charge is 2.28. The number of anilines is 1. The van der Waals surface area contributed by atoms with Crippen LogP contribution >= 0.6 is 0 Å². The Morgan fingerprint density at radius 2 is 1.97 bits per heavy atom. The van der Waals surface area contributed by atoms with Crippen LogP contribution in [0.25, 0.3) is 5.69 Å². The maximum Gasteiger partial charge on any atom is 0.321 e. The number of likely N-dealkylation sites (tertiary alicyclic amines) is 2. The average Bonchev–Trinajstić information content (AvgIpc) is 3.61. The predicted molar refractivity (Wildman–Crippen MR) is 137 cm³/mol. The van der Waals surface area contributed by atoms with Gasteiger partial charge in [-0.2, -0.15) is 0 Å². The Morgan fingerprint density at radius 3 is 2.71 bits per heavy atom. The number of ether oxygens (including phenoxy) is 1. The van der Waals surface area contributed by atoms with E-state index in [1.807, 2.05) is 72.4 Å². The predicted octanol–water partition coefficient (Wildman–Crippen LogP) is 3.66. The highest BCUT2D eigenvalue weighted by Crippen LogP contribution is 2.24. The SMILES string of the molecule is CNC1CCN(Cc2cc(NC(=O)N3CCC(Oc4ccccc4)C3)cc(-n3cnc(C)c3)c2)C1. The van der Waals surface area contributed by atoms with Crippen molar-refractivity contribution in [3.8, 4) is 11.4 Å². The number of nitrogens with zero attached hydrogens (tertiary/aromatic N) is 4. The molecule has 8 nitrogen and oxygen atoms in total. The third kappa shape index (κ3) is 5.83. The van der Waals surface area contributed by atoms with E-state index in [1.165, 1.54) is 5.56 Å². The fourth-order valence-electron chi connectivity index (χ4n) is 4.92. The second kappa shape index (κ2) is 10.5. The highest BCUT2D eigenvalue weighted by molar-refractivity contribution is 5.90. The number of rotatable bonds is 7. The minimum atomic E-state index is -0.0921. The van der Waals surface area contributed by atoms with Gasteiger partial charge in [0.25, 0.3) is 0 Å². The number of hydrogen-bond donors (Lipinski definition) is 2. The molecule has 3 aromatic rings. The Kier molecular flexibility index (Phi) is 7.01. The van der Waals surface area contributed by atoms with E-state index in [1.54, 1.807) is 0 Å². The van der Waals surface area contributed by atoms with Gasteiger partial charge in [-0.25, -0.2) is 9.78 Å². The van der Waals surface area contributed by atoms with Crippen LogP contribution in [0.1, 0.15) is 24.1 Å². The summed E-state index contributed by atoms with van der Waals surface area (Å²) in [6.07, 6.45) is 5.81. The molecule has 8 heteroatoms. The maximum atomic E-state index is 13.1. The summed E-state index contributed by atoms with van der Waals surface area (Å²) in [5.41, 5.74) is 3.92. The van der Waals surface area contributed by atoms with Crippen molar-refractivity contribution in [2.45, 2.75) is 38.5 Å². The normalized spacial score (nSPS) is 20.3. The first-order chi connectivity index (χ1) is 17.1. The molecule has 184 valence electrons. The van der Waals surface area contributed by atoms with Crippen LogP contribution in [0.15, 0.2) is 61.1 Å². The molecule has 2 aromatic carbocycles. The number of carbonyl (C=O) groups excluding carboxylic acids is 1. The van der Waals surface area contributed by atoms with Crippen molar-refractivity contribution in [2.75, 3.05) is 38.5 Å². The molecule has 2 N–H and O–H groups in total. The van der Waals surface area contributed by atoms with Crippen molar-refractivity contribution >= 4 is 11.7 Å². The van der Waals surface area contributed by atoms with E-state index in [-0.39, 0.29) is 12.1 Å². The Bertz CT molecular complexity index is 1150. The molecule has 0 saturated carbocycles. The summed E-state index contributed by atoms with van der Waals surface area (Å²) in [5.74, 6) is 0.843. The van der Waals surface area contributed by atoms with Crippen molar-refractivity contribution in [3.05, 3.63) is 72.3 Å². The molecule has 0 radical (unpaired) electrons. The largest absolute Gasteiger partial charge is 0.489 e. The molecule has 2 saturated heterocycles. The molecule has 0 aliphatic carbocycles. The van der Waals surface area contributed by atoms with Crippen LogP contribution < -0.4 is 15.4 Å². The van der Waals surface area contributed by atoms with Gasteiger partial charge in [0.1, 0.15) is 11.9 Å². The molecule has 2 aliphatic rings. The van der Waals surface area contributed by atoms with Crippen molar-refractivity contribution in [1.29, 1.82) is 0 Å². The van der Waals surface area contributed by atoms with Gasteiger partial charge in [-0.05, 0) is 56.3 Å². The van der Waals surface area contributed by atoms with E-state index in [2.05, 4.69) is 32.7 Å². The summed E-state index contributed by atoms with van der Waals surface area (Å²) in [7, 11) is 2.03. The summed E-state index contributed by atoms with van der Waals surface area (Å²) in [6, 6.07) is 16.5. The Balaban J connectivity index is 1.28. The van der Waals surface area contributed by atoms with Crippen LogP contribution in [0.4, 0.5) is 10.5 Å². The fraction of sp³-hybridized carbons (Fsp3) is 0.407. The van der Waals surface area contributed by atoms with E-state index in [0.717, 1.165) is 55.3 Å². The molecule has 2 unspecified atom stereocenters. The lowest BCUT2D eigenvalue weighted by Gasteiger charge is -2.20. The summed E-state index contributed by atoms with van der Waals surface area (Å²) in [5, 5.41) is 6.52. The van der Waals surface area contributed by atoms with Crippen LogP contribution in [0.5, 0.6) is 5.75 Å². The van der Waals surface area contributed by atoms with Crippen LogP contribution in [-0.4, -0.2) is 70.8 Å². The smallest absolute Gasteiger partial charge is 0.321 e. The van der Waals surface area contributed by atoms with Gasteiger partial charge in [0.05, 0.1) is 18.6 Å². The Morgan fingerprint density at radius 1 is 1.11 bits per heavy atom. The van der Waals surface area contributed by atoms with E-state index in [0.29, 0.717) is 19.1 Å². The van der Waals surface area contributed by atoms with Crippen LogP contribution in [-0.2, 0) is 6.54 Å². The molecular weight excluding hydrogens is 440 g/mol. The summed E-state index contributed by atoms with van der Waals surface area (Å²) < 4.78 is 8.06. The molecule has 2 atom stereocenters. The topological polar surface area (TPSA) is 74.7 Å². The van der Waals surface area contributed by atoms with Gasteiger partial charge in [0.2, 0.25) is 0 Å². The summed E-state index contributed by atoms with van der Waals surface area (Å²) in [4.78, 5) is 21.8. The summed E-state index contributed by atoms with van der Waals surface area (Å²) >= 11 is 0. The maximum absolute atomic E-state index is 13.1. The number of urea groups is 1. The number of carbonyl (C=O) groups is 1. The zero-order chi connectivity index (χ0) is 24.2. The van der Waals surface area contributed by atoms with Crippen LogP contribution in [0, 0.1) is 6.92 Å². The Labute approximate surface area is 206 Å². The van der Waals surface area contributed by atoms with E-state index < -0.39 is 0 Å². The third-order valence-corrected chi connectivity index (χ3v) is 6.80. The minimum Gasteiger partial charge on any atom is -0.489 e. The van der Waals surface area contributed by atoms with Gasteiger partial charge in [0, 0.05) is 56.2 Å². The van der Waals surface area contributed by atoms with Crippen molar-refractivity contribution in [2.24, 2.45) is 0 Å². The lowest BCUT2D eigenvalue weighted by atomic mass is 10.1. The third-order valence-electron chi connectivity index (χ3n) is 6.80. The molecule has 2 amide bonds. The number of likely N-dealkylation sites (N-methyl/N-ethyl adjacent to an activating group) is 1. The molecule has 2 aliphatic heterocycles. The lowest BCUT2D eigenvalue weighted by Crippen LogP contribution is -2.34. The number of para-hydroxylation sites is 1. The zero-order valence-electron chi connectivity index (χ0n) is 20.5. The van der Waals surface area contributed by atoms with Gasteiger partial charge < -0.3 is 24.8 Å². The number of nitrogens with one attached hydrogen (secondary N) is 2.